The Bertz CT molecular complexity index is 172. The molecule has 0 heterocycles. The van der Waals surface area contributed by atoms with Gasteiger partial charge < -0.3 is 15.6 Å². The molecule has 0 aromatic heterocycles. The Kier molecular flexibility index (Phi) is 4.36. The number of rotatable bonds is 3. The quantitative estimate of drug-likeness (QED) is 0.626. The Hall–Kier alpha value is -0.610. The number of ether oxygens (including phenoxy) is 1. The minimum Gasteiger partial charge on any atom is -0.464 e. The van der Waals surface area contributed by atoms with Gasteiger partial charge in [0, 0.05) is 0 Å². The van der Waals surface area contributed by atoms with E-state index in [-0.39, 0.29) is 5.41 Å². The fourth-order valence-corrected chi connectivity index (χ4v) is 0.581. The largest absolute Gasteiger partial charge is 0.464 e. The molecule has 3 N–H and O–H groups in total. The van der Waals surface area contributed by atoms with Gasteiger partial charge in [-0.25, -0.2) is 0 Å². The summed E-state index contributed by atoms with van der Waals surface area (Å²) < 4.78 is 4.91. The van der Waals surface area contributed by atoms with E-state index in [0.29, 0.717) is 6.61 Å². The van der Waals surface area contributed by atoms with Gasteiger partial charge in [0.05, 0.1) is 12.7 Å². The van der Waals surface area contributed by atoms with Crippen LogP contribution in [0.15, 0.2) is 0 Å². The molecule has 0 aliphatic heterocycles. The Labute approximate surface area is 79.1 Å². The van der Waals surface area contributed by atoms with Crippen molar-refractivity contribution in [2.45, 2.75) is 39.8 Å². The molecule has 0 bridgehead atoms. The molecule has 0 aromatic rings. The van der Waals surface area contributed by atoms with Gasteiger partial charge in [0.25, 0.3) is 0 Å². The second-order valence-corrected chi connectivity index (χ2v) is 4.43. The Morgan fingerprint density at radius 1 is 1.54 bits per heavy atom. The minimum absolute atomic E-state index is 0.0753. The van der Waals surface area contributed by atoms with Crippen LogP contribution in [0.25, 0.3) is 0 Å². The molecule has 0 saturated carbocycles. The summed E-state index contributed by atoms with van der Waals surface area (Å²) >= 11 is 0. The topological polar surface area (TPSA) is 72.5 Å². The van der Waals surface area contributed by atoms with E-state index in [1.807, 2.05) is 20.8 Å². The summed E-state index contributed by atoms with van der Waals surface area (Å²) in [5, 5.41) is 8.99. The molecule has 4 nitrogen and oxygen atoms in total. The van der Waals surface area contributed by atoms with E-state index in [4.69, 9.17) is 15.6 Å². The van der Waals surface area contributed by atoms with Crippen molar-refractivity contribution in [2.75, 3.05) is 6.61 Å². The number of esters is 1. The van der Waals surface area contributed by atoms with Crippen molar-refractivity contribution < 1.29 is 14.6 Å². The van der Waals surface area contributed by atoms with Crippen LogP contribution in [0.1, 0.15) is 27.7 Å². The number of carbonyl (C=O) groups excluding carboxylic acids is 1. The van der Waals surface area contributed by atoms with E-state index in [0.717, 1.165) is 0 Å². The Morgan fingerprint density at radius 3 is 2.31 bits per heavy atom. The number of carbonyl (C=O) groups is 1. The van der Waals surface area contributed by atoms with Gasteiger partial charge in [0.15, 0.2) is 0 Å². The van der Waals surface area contributed by atoms with Crippen molar-refractivity contribution >= 4 is 5.97 Å². The molecule has 0 saturated heterocycles. The first-order valence-electron chi connectivity index (χ1n) is 4.34. The summed E-state index contributed by atoms with van der Waals surface area (Å²) in [5.74, 6) is -0.551. The molecule has 0 amide bonds. The summed E-state index contributed by atoms with van der Waals surface area (Å²) in [7, 11) is 0. The third-order valence-electron chi connectivity index (χ3n) is 1.44. The van der Waals surface area contributed by atoms with Crippen LogP contribution in [0, 0.1) is 5.41 Å². The molecule has 2 atom stereocenters. The third-order valence-corrected chi connectivity index (χ3v) is 1.44. The lowest BCUT2D eigenvalue weighted by atomic mass is 9.99. The summed E-state index contributed by atoms with van der Waals surface area (Å²) in [6.45, 7) is 7.63. The molecular formula is C9H19NO3. The van der Waals surface area contributed by atoms with Crippen molar-refractivity contribution in [1.29, 1.82) is 0 Å². The van der Waals surface area contributed by atoms with Crippen molar-refractivity contribution in [3.05, 3.63) is 0 Å². The predicted molar refractivity (Wildman–Crippen MR) is 50.1 cm³/mol. The summed E-state index contributed by atoms with van der Waals surface area (Å²) in [5.41, 5.74) is 5.29. The molecule has 2 unspecified atom stereocenters. The van der Waals surface area contributed by atoms with Gasteiger partial charge in [-0.2, -0.15) is 0 Å². The first kappa shape index (κ1) is 12.4. The standard InChI is InChI=1S/C9H19NO3/c1-6(11)7(10)8(12)13-5-9(2,3)4/h6-7,11H,5,10H2,1-4H3. The van der Waals surface area contributed by atoms with Crippen LogP contribution in [-0.2, 0) is 9.53 Å². The first-order valence-corrected chi connectivity index (χ1v) is 4.34. The molecule has 0 rings (SSSR count). The van der Waals surface area contributed by atoms with Crippen LogP contribution >= 0.6 is 0 Å². The first-order chi connectivity index (χ1) is 5.74. The monoisotopic (exact) mass is 189 g/mol. The van der Waals surface area contributed by atoms with E-state index in [1.165, 1.54) is 6.92 Å². The fraction of sp³-hybridized carbons (Fsp3) is 0.889. The maximum Gasteiger partial charge on any atom is 0.325 e. The highest BCUT2D eigenvalue weighted by Gasteiger charge is 2.22. The van der Waals surface area contributed by atoms with E-state index >= 15 is 0 Å². The zero-order chi connectivity index (χ0) is 10.6. The number of nitrogens with two attached hydrogens (primary N) is 1. The van der Waals surface area contributed by atoms with Gasteiger partial charge in [-0.15, -0.1) is 0 Å². The van der Waals surface area contributed by atoms with E-state index in [1.54, 1.807) is 0 Å². The van der Waals surface area contributed by atoms with Crippen LogP contribution in [0.2, 0.25) is 0 Å². The zero-order valence-electron chi connectivity index (χ0n) is 8.70. The summed E-state index contributed by atoms with van der Waals surface area (Å²) in [6.07, 6.45) is -0.868. The molecule has 0 aliphatic rings. The Balaban J connectivity index is 3.89. The normalized spacial score (nSPS) is 16.5. The predicted octanol–water partition coefficient (Wildman–Crippen LogP) is 0.284. The summed E-state index contributed by atoms with van der Waals surface area (Å²) in [4.78, 5) is 11.1. The molecule has 0 aliphatic carbocycles. The van der Waals surface area contributed by atoms with E-state index in [9.17, 15) is 4.79 Å². The van der Waals surface area contributed by atoms with Crippen molar-refractivity contribution in [2.24, 2.45) is 11.1 Å². The molecule has 0 spiro atoms. The highest BCUT2D eigenvalue weighted by molar-refractivity contribution is 5.76. The molecule has 78 valence electrons. The summed E-state index contributed by atoms with van der Waals surface area (Å²) in [6, 6.07) is -0.942. The number of hydrogen-bond donors (Lipinski definition) is 2. The molecule has 0 fully saturated rings. The van der Waals surface area contributed by atoms with Crippen molar-refractivity contribution in [3.8, 4) is 0 Å². The van der Waals surface area contributed by atoms with Crippen LogP contribution in [-0.4, -0.2) is 29.8 Å². The Morgan fingerprint density at radius 2 is 2.00 bits per heavy atom. The maximum atomic E-state index is 11.1. The zero-order valence-corrected chi connectivity index (χ0v) is 8.70. The van der Waals surface area contributed by atoms with Gasteiger partial charge in [-0.1, -0.05) is 20.8 Å². The van der Waals surface area contributed by atoms with E-state index < -0.39 is 18.1 Å². The van der Waals surface area contributed by atoms with Gasteiger partial charge in [-0.3, -0.25) is 4.79 Å². The smallest absolute Gasteiger partial charge is 0.325 e. The molecule has 13 heavy (non-hydrogen) atoms. The van der Waals surface area contributed by atoms with Crippen LogP contribution in [0.5, 0.6) is 0 Å². The van der Waals surface area contributed by atoms with Crippen molar-refractivity contribution in [3.63, 3.8) is 0 Å². The lowest BCUT2D eigenvalue weighted by molar-refractivity contribution is -0.150. The molecular weight excluding hydrogens is 170 g/mol. The average molecular weight is 189 g/mol. The van der Waals surface area contributed by atoms with Crippen molar-refractivity contribution in [1.82, 2.24) is 0 Å². The molecule has 0 radical (unpaired) electrons. The van der Waals surface area contributed by atoms with Gasteiger partial charge in [-0.05, 0) is 12.3 Å². The van der Waals surface area contributed by atoms with Crippen LogP contribution in [0.3, 0.4) is 0 Å². The van der Waals surface area contributed by atoms with Crippen LogP contribution in [0.4, 0.5) is 0 Å². The fourth-order valence-electron chi connectivity index (χ4n) is 0.581. The molecule has 0 aromatic carbocycles. The highest BCUT2D eigenvalue weighted by atomic mass is 16.5. The lowest BCUT2D eigenvalue weighted by Crippen LogP contribution is -2.42. The van der Waals surface area contributed by atoms with Crippen LogP contribution < -0.4 is 5.73 Å². The van der Waals surface area contributed by atoms with E-state index in [2.05, 4.69) is 0 Å². The SMILES string of the molecule is CC(O)C(N)C(=O)OCC(C)(C)C. The minimum atomic E-state index is -0.942. The lowest BCUT2D eigenvalue weighted by Gasteiger charge is -2.20. The number of aliphatic hydroxyl groups is 1. The van der Waals surface area contributed by atoms with Gasteiger partial charge >= 0.3 is 5.97 Å². The van der Waals surface area contributed by atoms with Gasteiger partial charge in [0.2, 0.25) is 0 Å². The second-order valence-electron chi connectivity index (χ2n) is 4.43. The third kappa shape index (κ3) is 5.60. The number of aliphatic hydroxyl groups excluding tert-OH is 1. The number of hydrogen-bond acceptors (Lipinski definition) is 4. The molecule has 4 heteroatoms. The second kappa shape index (κ2) is 4.58. The highest BCUT2D eigenvalue weighted by Crippen LogP contribution is 2.13. The van der Waals surface area contributed by atoms with Gasteiger partial charge in [0.1, 0.15) is 6.04 Å². The maximum absolute atomic E-state index is 11.1. The average Bonchev–Trinajstić information content (AvgIpc) is 1.97.